The molecule has 1 aromatic carbocycles. The van der Waals surface area contributed by atoms with Crippen LogP contribution in [0.4, 0.5) is 0 Å². The molecule has 112 valence electrons. The van der Waals surface area contributed by atoms with Crippen molar-refractivity contribution in [1.82, 2.24) is 5.32 Å². The van der Waals surface area contributed by atoms with Gasteiger partial charge in [-0.15, -0.1) is 0 Å². The average Bonchev–Trinajstić information content (AvgIpc) is 2.94. The van der Waals surface area contributed by atoms with Gasteiger partial charge in [-0.3, -0.25) is 9.59 Å². The molecule has 0 radical (unpaired) electrons. The first-order valence-electron chi connectivity index (χ1n) is 7.05. The lowest BCUT2D eigenvalue weighted by Gasteiger charge is -2.13. The van der Waals surface area contributed by atoms with Crippen molar-refractivity contribution in [2.45, 2.75) is 25.8 Å². The second kappa shape index (κ2) is 6.92. The van der Waals surface area contributed by atoms with E-state index in [1.807, 2.05) is 13.0 Å². The number of carboxylic acids is 1. The van der Waals surface area contributed by atoms with Crippen molar-refractivity contribution >= 4 is 11.9 Å². The maximum atomic E-state index is 12.2. The van der Waals surface area contributed by atoms with Crippen molar-refractivity contribution in [2.24, 2.45) is 5.92 Å². The first-order valence-corrected chi connectivity index (χ1v) is 7.05. The number of benzene rings is 1. The summed E-state index contributed by atoms with van der Waals surface area (Å²) in [4.78, 5) is 23.0. The molecule has 1 amide bonds. The third kappa shape index (κ3) is 4.08. The largest absolute Gasteiger partial charge is 0.494 e. The second-order valence-electron chi connectivity index (χ2n) is 5.02. The van der Waals surface area contributed by atoms with Gasteiger partial charge in [-0.05, 0) is 31.0 Å². The summed E-state index contributed by atoms with van der Waals surface area (Å²) in [7, 11) is 0. The summed E-state index contributed by atoms with van der Waals surface area (Å²) in [5.41, 5.74) is 0.510. The first-order chi connectivity index (χ1) is 10.1. The van der Waals surface area contributed by atoms with Crippen LogP contribution < -0.4 is 10.1 Å². The number of aliphatic carboxylic acids is 1. The van der Waals surface area contributed by atoms with Gasteiger partial charge >= 0.3 is 5.97 Å². The maximum Gasteiger partial charge on any atom is 0.310 e. The van der Waals surface area contributed by atoms with E-state index in [1.165, 1.54) is 0 Å². The van der Waals surface area contributed by atoms with E-state index in [0.29, 0.717) is 24.3 Å². The lowest BCUT2D eigenvalue weighted by molar-refractivity contribution is -0.140. The van der Waals surface area contributed by atoms with Gasteiger partial charge in [-0.1, -0.05) is 25.1 Å². The minimum atomic E-state index is -0.863. The number of carbonyl (C=O) groups excluding carboxylic acids is 1. The zero-order chi connectivity index (χ0) is 15.2. The summed E-state index contributed by atoms with van der Waals surface area (Å²) in [5, 5.41) is 11.7. The molecule has 0 heterocycles. The first kappa shape index (κ1) is 15.1. The molecule has 2 unspecified atom stereocenters. The molecule has 0 spiro atoms. The second-order valence-corrected chi connectivity index (χ2v) is 5.02. The topological polar surface area (TPSA) is 75.6 Å². The molecule has 21 heavy (non-hydrogen) atoms. The van der Waals surface area contributed by atoms with Gasteiger partial charge in [0.25, 0.3) is 5.91 Å². The highest BCUT2D eigenvalue weighted by Crippen LogP contribution is 2.19. The Balaban J connectivity index is 1.95. The van der Waals surface area contributed by atoms with Crippen LogP contribution in [0, 0.1) is 5.92 Å². The van der Waals surface area contributed by atoms with E-state index in [9.17, 15) is 9.59 Å². The number of nitrogens with one attached hydrogen (secondary N) is 1. The van der Waals surface area contributed by atoms with E-state index in [2.05, 4.69) is 5.32 Å². The van der Waals surface area contributed by atoms with E-state index in [4.69, 9.17) is 9.84 Å². The number of ether oxygens (including phenoxy) is 1. The number of hydrogen-bond acceptors (Lipinski definition) is 3. The molecule has 1 aromatic rings. The third-order valence-corrected chi connectivity index (χ3v) is 3.29. The Morgan fingerprint density at radius 1 is 1.38 bits per heavy atom. The lowest BCUT2D eigenvalue weighted by atomic mass is 10.1. The Hall–Kier alpha value is -2.30. The van der Waals surface area contributed by atoms with Gasteiger partial charge in [-0.25, -0.2) is 0 Å². The number of carboxylic acid groups (broad SMARTS) is 1. The van der Waals surface area contributed by atoms with E-state index in [-0.39, 0.29) is 11.9 Å². The van der Waals surface area contributed by atoms with Crippen LogP contribution in [0.2, 0.25) is 0 Å². The molecule has 0 aliphatic heterocycles. The van der Waals surface area contributed by atoms with Crippen molar-refractivity contribution < 1.29 is 19.4 Å². The number of rotatable bonds is 6. The summed E-state index contributed by atoms with van der Waals surface area (Å²) >= 11 is 0. The minimum Gasteiger partial charge on any atom is -0.494 e. The molecule has 2 rings (SSSR count). The van der Waals surface area contributed by atoms with Gasteiger partial charge in [-0.2, -0.15) is 0 Å². The van der Waals surface area contributed by atoms with Crippen LogP contribution in [0.1, 0.15) is 30.1 Å². The Bertz CT molecular complexity index is 553. The Labute approximate surface area is 123 Å². The van der Waals surface area contributed by atoms with Gasteiger partial charge in [0.15, 0.2) is 0 Å². The zero-order valence-electron chi connectivity index (χ0n) is 11.9. The Morgan fingerprint density at radius 3 is 2.86 bits per heavy atom. The van der Waals surface area contributed by atoms with E-state index in [1.54, 1.807) is 30.4 Å². The molecule has 1 aliphatic carbocycles. The van der Waals surface area contributed by atoms with Crippen LogP contribution in [0.15, 0.2) is 36.4 Å². The van der Waals surface area contributed by atoms with Crippen molar-refractivity contribution in [2.75, 3.05) is 6.61 Å². The highest BCUT2D eigenvalue weighted by atomic mass is 16.5. The molecule has 0 fully saturated rings. The predicted octanol–water partition coefficient (Wildman–Crippen LogP) is 2.23. The van der Waals surface area contributed by atoms with Gasteiger partial charge in [0.2, 0.25) is 0 Å². The summed E-state index contributed by atoms with van der Waals surface area (Å²) < 4.78 is 5.49. The fraction of sp³-hybridized carbons (Fsp3) is 0.375. The van der Waals surface area contributed by atoms with Gasteiger partial charge < -0.3 is 15.2 Å². The molecule has 0 aromatic heterocycles. The Morgan fingerprint density at radius 2 is 2.19 bits per heavy atom. The molecule has 0 saturated carbocycles. The highest BCUT2D eigenvalue weighted by molar-refractivity contribution is 5.95. The molecule has 0 bridgehead atoms. The quantitative estimate of drug-likeness (QED) is 0.787. The van der Waals surface area contributed by atoms with Crippen molar-refractivity contribution in [3.8, 4) is 5.75 Å². The average molecular weight is 289 g/mol. The zero-order valence-corrected chi connectivity index (χ0v) is 11.9. The van der Waals surface area contributed by atoms with Gasteiger partial charge in [0.1, 0.15) is 5.75 Å². The Kier molecular flexibility index (Phi) is 4.98. The fourth-order valence-corrected chi connectivity index (χ4v) is 2.19. The normalized spacial score (nSPS) is 20.2. The molecule has 2 N–H and O–H groups in total. The minimum absolute atomic E-state index is 0.224. The molecule has 5 heteroatoms. The summed E-state index contributed by atoms with van der Waals surface area (Å²) in [5.74, 6) is -0.944. The third-order valence-electron chi connectivity index (χ3n) is 3.29. The van der Waals surface area contributed by atoms with Crippen LogP contribution in [0.5, 0.6) is 5.75 Å². The van der Waals surface area contributed by atoms with E-state index >= 15 is 0 Å². The summed E-state index contributed by atoms with van der Waals surface area (Å²) in [6.45, 7) is 2.62. The van der Waals surface area contributed by atoms with Crippen LogP contribution in [0.3, 0.4) is 0 Å². The SMILES string of the molecule is CCCOc1cccc(C(=O)NC2C=CC(C(=O)O)C2)c1. The molecule has 1 aliphatic rings. The molecule has 5 nitrogen and oxygen atoms in total. The van der Waals surface area contributed by atoms with E-state index < -0.39 is 11.9 Å². The fourth-order valence-electron chi connectivity index (χ4n) is 2.19. The van der Waals surface area contributed by atoms with Crippen molar-refractivity contribution in [3.05, 3.63) is 42.0 Å². The maximum absolute atomic E-state index is 12.2. The van der Waals surface area contributed by atoms with Crippen molar-refractivity contribution in [1.29, 1.82) is 0 Å². The van der Waals surface area contributed by atoms with Gasteiger partial charge in [0.05, 0.1) is 12.5 Å². The van der Waals surface area contributed by atoms with Crippen LogP contribution in [-0.4, -0.2) is 29.6 Å². The number of hydrogen-bond donors (Lipinski definition) is 2. The predicted molar refractivity (Wildman–Crippen MR) is 78.4 cm³/mol. The number of carbonyl (C=O) groups is 2. The monoisotopic (exact) mass is 289 g/mol. The van der Waals surface area contributed by atoms with Crippen molar-refractivity contribution in [3.63, 3.8) is 0 Å². The molecule has 2 atom stereocenters. The van der Waals surface area contributed by atoms with Crippen LogP contribution >= 0.6 is 0 Å². The molecular formula is C16H19NO4. The lowest BCUT2D eigenvalue weighted by Crippen LogP contribution is -2.33. The number of amides is 1. The molecule has 0 saturated heterocycles. The van der Waals surface area contributed by atoms with Crippen LogP contribution in [-0.2, 0) is 4.79 Å². The highest BCUT2D eigenvalue weighted by Gasteiger charge is 2.25. The van der Waals surface area contributed by atoms with E-state index in [0.717, 1.165) is 6.42 Å². The van der Waals surface area contributed by atoms with Gasteiger partial charge in [0, 0.05) is 11.6 Å². The van der Waals surface area contributed by atoms with Crippen LogP contribution in [0.25, 0.3) is 0 Å². The standard InChI is InChI=1S/C16H19NO4/c1-2-8-21-14-5-3-4-11(10-14)15(18)17-13-7-6-12(9-13)16(19)20/h3-7,10,12-13H,2,8-9H2,1H3,(H,17,18)(H,19,20). The summed E-state index contributed by atoms with van der Waals surface area (Å²) in [6.07, 6.45) is 4.65. The smallest absolute Gasteiger partial charge is 0.310 e. The molecular weight excluding hydrogens is 270 g/mol. The summed E-state index contributed by atoms with van der Waals surface area (Å²) in [6, 6.07) is 6.74.